The molecule has 15 heavy (non-hydrogen) atoms. The summed E-state index contributed by atoms with van der Waals surface area (Å²) < 4.78 is 1.69. The van der Waals surface area contributed by atoms with E-state index in [0.29, 0.717) is 12.6 Å². The Hall–Kier alpha value is -1.41. The van der Waals surface area contributed by atoms with E-state index in [4.69, 9.17) is 5.26 Å². The number of rotatable bonds is 3. The molecule has 1 aromatic rings. The molecule has 2 unspecified atom stereocenters. The third-order valence-electron chi connectivity index (χ3n) is 2.85. The minimum Gasteiger partial charge on any atom is -0.306 e. The maximum atomic E-state index is 8.91. The maximum absolute atomic E-state index is 8.91. The van der Waals surface area contributed by atoms with Gasteiger partial charge in [0.1, 0.15) is 6.33 Å². The van der Waals surface area contributed by atoms with Gasteiger partial charge in [0.25, 0.3) is 0 Å². The molecule has 1 N–H and O–H groups in total. The Kier molecular flexibility index (Phi) is 2.97. The van der Waals surface area contributed by atoms with Gasteiger partial charge in [0.05, 0.1) is 18.5 Å². The van der Waals surface area contributed by atoms with Crippen molar-refractivity contribution in [3.05, 3.63) is 12.2 Å². The van der Waals surface area contributed by atoms with E-state index in [9.17, 15) is 0 Å². The quantitative estimate of drug-likeness (QED) is 0.784. The summed E-state index contributed by atoms with van der Waals surface area (Å²) in [5, 5.41) is 16.4. The van der Waals surface area contributed by atoms with Crippen LogP contribution in [0.3, 0.4) is 0 Å². The highest BCUT2D eigenvalue weighted by Gasteiger charge is 2.26. The van der Waals surface area contributed by atoms with Crippen molar-refractivity contribution in [3.8, 4) is 6.07 Å². The van der Waals surface area contributed by atoms with E-state index >= 15 is 0 Å². The Labute approximate surface area is 89.1 Å². The molecule has 0 saturated heterocycles. The first kappa shape index (κ1) is 10.1. The first-order valence-corrected chi connectivity index (χ1v) is 5.27. The van der Waals surface area contributed by atoms with E-state index in [0.717, 1.165) is 25.1 Å². The van der Waals surface area contributed by atoms with Crippen molar-refractivity contribution in [2.75, 3.05) is 0 Å². The van der Waals surface area contributed by atoms with E-state index in [2.05, 4.69) is 21.5 Å². The molecule has 1 heterocycles. The monoisotopic (exact) mass is 205 g/mol. The highest BCUT2D eigenvalue weighted by Crippen LogP contribution is 2.24. The summed E-state index contributed by atoms with van der Waals surface area (Å²) in [6, 6.07) is 2.67. The summed E-state index contributed by atoms with van der Waals surface area (Å²) in [5.41, 5.74) is 0. The zero-order valence-electron chi connectivity index (χ0n) is 8.85. The first-order valence-electron chi connectivity index (χ1n) is 5.27. The lowest BCUT2D eigenvalue weighted by Gasteiger charge is -2.13. The number of nitriles is 1. The molecular weight excluding hydrogens is 190 g/mol. The van der Waals surface area contributed by atoms with Crippen molar-refractivity contribution in [1.82, 2.24) is 20.1 Å². The van der Waals surface area contributed by atoms with Crippen LogP contribution in [0.4, 0.5) is 0 Å². The summed E-state index contributed by atoms with van der Waals surface area (Å²) in [7, 11) is 1.85. The predicted octanol–water partition coefficient (Wildman–Crippen LogP) is 0.597. The lowest BCUT2D eigenvalue weighted by molar-refractivity contribution is 0.457. The summed E-state index contributed by atoms with van der Waals surface area (Å²) in [4.78, 5) is 4.13. The molecule has 1 aliphatic carbocycles. The van der Waals surface area contributed by atoms with Crippen LogP contribution in [0, 0.1) is 17.2 Å². The number of aryl methyl sites for hydroxylation is 1. The number of aromatic nitrogens is 3. The highest BCUT2D eigenvalue weighted by atomic mass is 15.3. The van der Waals surface area contributed by atoms with Gasteiger partial charge >= 0.3 is 0 Å². The van der Waals surface area contributed by atoms with Crippen LogP contribution in [0.1, 0.15) is 25.1 Å². The number of hydrogen-bond donors (Lipinski definition) is 1. The molecule has 0 aliphatic heterocycles. The number of nitrogens with one attached hydrogen (secondary N) is 1. The topological polar surface area (TPSA) is 66.5 Å². The molecule has 1 aliphatic rings. The summed E-state index contributed by atoms with van der Waals surface area (Å²) in [5.74, 6) is 0.954. The third kappa shape index (κ3) is 2.34. The molecule has 80 valence electrons. The number of nitrogens with zero attached hydrogens (tertiary/aromatic N) is 4. The second-order valence-corrected chi connectivity index (χ2v) is 3.99. The van der Waals surface area contributed by atoms with Crippen molar-refractivity contribution in [2.45, 2.75) is 31.8 Å². The Morgan fingerprint density at radius 1 is 1.67 bits per heavy atom. The summed E-state index contributed by atoms with van der Waals surface area (Å²) >= 11 is 0. The SMILES string of the molecule is Cn1cnc(CNC2CCCC2C#N)n1. The van der Waals surface area contributed by atoms with E-state index in [1.165, 1.54) is 0 Å². The Balaban J connectivity index is 1.85. The fourth-order valence-electron chi connectivity index (χ4n) is 2.05. The zero-order valence-corrected chi connectivity index (χ0v) is 8.85. The predicted molar refractivity (Wildman–Crippen MR) is 54.6 cm³/mol. The van der Waals surface area contributed by atoms with Crippen LogP contribution < -0.4 is 5.32 Å². The van der Waals surface area contributed by atoms with Crippen LogP contribution in [0.25, 0.3) is 0 Å². The minimum atomic E-state index is 0.161. The van der Waals surface area contributed by atoms with Gasteiger partial charge in [0.2, 0.25) is 0 Å². The molecule has 1 fully saturated rings. The molecule has 5 heteroatoms. The second kappa shape index (κ2) is 4.41. The van der Waals surface area contributed by atoms with Gasteiger partial charge in [-0.25, -0.2) is 4.98 Å². The number of hydrogen-bond acceptors (Lipinski definition) is 4. The molecule has 1 aromatic heterocycles. The molecule has 2 rings (SSSR count). The van der Waals surface area contributed by atoms with Crippen LogP contribution in [0.5, 0.6) is 0 Å². The summed E-state index contributed by atoms with van der Waals surface area (Å²) in [6.07, 6.45) is 4.94. The molecule has 0 spiro atoms. The Morgan fingerprint density at radius 2 is 2.53 bits per heavy atom. The fourth-order valence-corrected chi connectivity index (χ4v) is 2.05. The van der Waals surface area contributed by atoms with Crippen molar-refractivity contribution < 1.29 is 0 Å². The highest BCUT2D eigenvalue weighted by molar-refractivity contribution is 4.97. The van der Waals surface area contributed by atoms with Gasteiger partial charge in [-0.2, -0.15) is 10.4 Å². The molecule has 5 nitrogen and oxygen atoms in total. The first-order chi connectivity index (χ1) is 7.29. The van der Waals surface area contributed by atoms with Crippen LogP contribution in [-0.4, -0.2) is 20.8 Å². The van der Waals surface area contributed by atoms with E-state index in [1.807, 2.05) is 7.05 Å². The van der Waals surface area contributed by atoms with Crippen LogP contribution >= 0.6 is 0 Å². The van der Waals surface area contributed by atoms with Gasteiger partial charge in [-0.3, -0.25) is 4.68 Å². The van der Waals surface area contributed by atoms with Crippen molar-refractivity contribution in [2.24, 2.45) is 13.0 Å². The van der Waals surface area contributed by atoms with Gasteiger partial charge in [-0.05, 0) is 12.8 Å². The smallest absolute Gasteiger partial charge is 0.164 e. The standard InChI is InChI=1S/C10H15N5/c1-15-7-13-10(14-15)6-12-9-4-2-3-8(9)5-11/h7-9,12H,2-4,6H2,1H3. The molecule has 0 bridgehead atoms. The lowest BCUT2D eigenvalue weighted by atomic mass is 10.1. The fraction of sp³-hybridized carbons (Fsp3) is 0.700. The maximum Gasteiger partial charge on any atom is 0.164 e. The van der Waals surface area contributed by atoms with Gasteiger partial charge in [0, 0.05) is 13.1 Å². The van der Waals surface area contributed by atoms with E-state index in [1.54, 1.807) is 11.0 Å². The molecule has 1 saturated carbocycles. The van der Waals surface area contributed by atoms with E-state index < -0.39 is 0 Å². The van der Waals surface area contributed by atoms with E-state index in [-0.39, 0.29) is 5.92 Å². The average Bonchev–Trinajstić information content (AvgIpc) is 2.83. The van der Waals surface area contributed by atoms with Crippen molar-refractivity contribution in [3.63, 3.8) is 0 Å². The van der Waals surface area contributed by atoms with Crippen LogP contribution in [0.15, 0.2) is 6.33 Å². The molecule has 2 atom stereocenters. The average molecular weight is 205 g/mol. The van der Waals surface area contributed by atoms with Gasteiger partial charge in [-0.1, -0.05) is 6.42 Å². The normalized spacial score (nSPS) is 25.3. The molecule has 0 aromatic carbocycles. The molecular formula is C10H15N5. The van der Waals surface area contributed by atoms with Crippen LogP contribution in [-0.2, 0) is 13.6 Å². The van der Waals surface area contributed by atoms with Gasteiger partial charge < -0.3 is 5.32 Å². The Bertz CT molecular complexity index is 364. The molecule has 0 radical (unpaired) electrons. The zero-order chi connectivity index (χ0) is 10.7. The van der Waals surface area contributed by atoms with Crippen molar-refractivity contribution >= 4 is 0 Å². The van der Waals surface area contributed by atoms with Gasteiger partial charge in [-0.15, -0.1) is 0 Å². The van der Waals surface area contributed by atoms with Crippen LogP contribution in [0.2, 0.25) is 0 Å². The minimum absolute atomic E-state index is 0.161. The largest absolute Gasteiger partial charge is 0.306 e. The second-order valence-electron chi connectivity index (χ2n) is 3.99. The van der Waals surface area contributed by atoms with Crippen molar-refractivity contribution in [1.29, 1.82) is 5.26 Å². The third-order valence-corrected chi connectivity index (χ3v) is 2.85. The lowest BCUT2D eigenvalue weighted by Crippen LogP contribution is -2.31. The van der Waals surface area contributed by atoms with Gasteiger partial charge in [0.15, 0.2) is 5.82 Å². The summed E-state index contributed by atoms with van der Waals surface area (Å²) in [6.45, 7) is 0.656. The molecule has 0 amide bonds. The Morgan fingerprint density at radius 3 is 3.20 bits per heavy atom.